The molecule has 2 unspecified atom stereocenters. The summed E-state index contributed by atoms with van der Waals surface area (Å²) in [5, 5.41) is 2.93. The first kappa shape index (κ1) is 13.7. The average molecular weight is 257 g/mol. The lowest BCUT2D eigenvalue weighted by atomic mass is 10.2. The molecule has 0 aliphatic carbocycles. The Kier molecular flexibility index (Phi) is 5.37. The Morgan fingerprint density at radius 1 is 1.33 bits per heavy atom. The van der Waals surface area contributed by atoms with E-state index >= 15 is 0 Å². The average Bonchev–Trinajstić information content (AvgIpc) is 2.89. The summed E-state index contributed by atoms with van der Waals surface area (Å²) in [6, 6.07) is 0. The van der Waals surface area contributed by atoms with E-state index in [9.17, 15) is 4.79 Å². The van der Waals surface area contributed by atoms with Crippen LogP contribution in [0.25, 0.3) is 0 Å². The lowest BCUT2D eigenvalue weighted by Crippen LogP contribution is -2.43. The van der Waals surface area contributed by atoms with Crippen molar-refractivity contribution in [2.24, 2.45) is 5.73 Å². The van der Waals surface area contributed by atoms with Crippen molar-refractivity contribution >= 4 is 5.91 Å². The van der Waals surface area contributed by atoms with Crippen molar-refractivity contribution in [3.05, 3.63) is 0 Å². The maximum atomic E-state index is 11.8. The molecule has 2 rings (SSSR count). The second kappa shape index (κ2) is 7.04. The topological polar surface area (TPSA) is 76.8 Å². The predicted octanol–water partition coefficient (Wildman–Crippen LogP) is -1.06. The molecule has 2 aliphatic rings. The smallest absolute Gasteiger partial charge is 0.249 e. The molecule has 0 radical (unpaired) electrons. The quantitative estimate of drug-likeness (QED) is 0.656. The molecule has 2 atom stereocenters. The van der Waals surface area contributed by atoms with Crippen molar-refractivity contribution in [1.29, 1.82) is 0 Å². The summed E-state index contributed by atoms with van der Waals surface area (Å²) in [5.41, 5.74) is 5.52. The molecule has 104 valence electrons. The van der Waals surface area contributed by atoms with E-state index in [-0.39, 0.29) is 18.1 Å². The monoisotopic (exact) mass is 257 g/mol. The zero-order chi connectivity index (χ0) is 12.8. The third kappa shape index (κ3) is 3.91. The molecular formula is C12H23N3O3. The highest BCUT2D eigenvalue weighted by atomic mass is 16.5. The molecule has 0 saturated carbocycles. The van der Waals surface area contributed by atoms with Crippen LogP contribution in [0.5, 0.6) is 0 Å². The number of rotatable bonds is 5. The molecular weight excluding hydrogens is 234 g/mol. The van der Waals surface area contributed by atoms with Crippen LogP contribution in [-0.4, -0.2) is 69.0 Å². The largest absolute Gasteiger partial charge is 0.379 e. The van der Waals surface area contributed by atoms with Crippen LogP contribution in [0.15, 0.2) is 0 Å². The molecule has 2 fully saturated rings. The minimum atomic E-state index is -0.303. The third-order valence-electron chi connectivity index (χ3n) is 3.49. The maximum absolute atomic E-state index is 11.8. The molecule has 0 aromatic heterocycles. The van der Waals surface area contributed by atoms with E-state index in [4.69, 9.17) is 15.2 Å². The zero-order valence-electron chi connectivity index (χ0n) is 10.8. The van der Waals surface area contributed by atoms with Gasteiger partial charge in [-0.2, -0.15) is 0 Å². The molecule has 2 aliphatic heterocycles. The molecule has 0 spiro atoms. The van der Waals surface area contributed by atoms with Gasteiger partial charge in [0.25, 0.3) is 0 Å². The van der Waals surface area contributed by atoms with Crippen molar-refractivity contribution in [2.45, 2.75) is 25.0 Å². The fourth-order valence-corrected chi connectivity index (χ4v) is 2.35. The number of nitrogens with one attached hydrogen (secondary N) is 1. The SMILES string of the molecule is NCC1CCC(C(=O)NCCN2CCOCC2)O1. The normalized spacial score (nSPS) is 29.4. The number of carbonyl (C=O) groups excluding carboxylic acids is 1. The molecule has 18 heavy (non-hydrogen) atoms. The van der Waals surface area contributed by atoms with E-state index in [1.54, 1.807) is 0 Å². The van der Waals surface area contributed by atoms with E-state index in [0.29, 0.717) is 13.1 Å². The number of ether oxygens (including phenoxy) is 2. The van der Waals surface area contributed by atoms with Gasteiger partial charge in [-0.15, -0.1) is 0 Å². The Hall–Kier alpha value is -0.690. The highest BCUT2D eigenvalue weighted by molar-refractivity contribution is 5.81. The maximum Gasteiger partial charge on any atom is 0.249 e. The third-order valence-corrected chi connectivity index (χ3v) is 3.49. The Bertz CT molecular complexity index is 269. The molecule has 2 heterocycles. The molecule has 6 nitrogen and oxygen atoms in total. The number of morpholine rings is 1. The van der Waals surface area contributed by atoms with Gasteiger partial charge in [-0.25, -0.2) is 0 Å². The molecule has 1 amide bonds. The first-order valence-electron chi connectivity index (χ1n) is 6.73. The van der Waals surface area contributed by atoms with E-state index in [0.717, 1.165) is 45.7 Å². The van der Waals surface area contributed by atoms with E-state index < -0.39 is 0 Å². The van der Waals surface area contributed by atoms with Crippen molar-refractivity contribution < 1.29 is 14.3 Å². The van der Waals surface area contributed by atoms with E-state index in [1.165, 1.54) is 0 Å². The first-order chi connectivity index (χ1) is 8.79. The highest BCUT2D eigenvalue weighted by Crippen LogP contribution is 2.18. The summed E-state index contributed by atoms with van der Waals surface area (Å²) >= 11 is 0. The summed E-state index contributed by atoms with van der Waals surface area (Å²) in [7, 11) is 0. The van der Waals surface area contributed by atoms with Crippen LogP contribution in [0.1, 0.15) is 12.8 Å². The van der Waals surface area contributed by atoms with Gasteiger partial charge in [0.1, 0.15) is 6.10 Å². The van der Waals surface area contributed by atoms with Gasteiger partial charge >= 0.3 is 0 Å². The van der Waals surface area contributed by atoms with Crippen LogP contribution in [-0.2, 0) is 14.3 Å². The fourth-order valence-electron chi connectivity index (χ4n) is 2.35. The Balaban J connectivity index is 1.60. The number of hydrogen-bond acceptors (Lipinski definition) is 5. The molecule has 0 aromatic carbocycles. The Morgan fingerprint density at radius 2 is 2.11 bits per heavy atom. The molecule has 3 N–H and O–H groups in total. The predicted molar refractivity (Wildman–Crippen MR) is 67.2 cm³/mol. The van der Waals surface area contributed by atoms with Crippen molar-refractivity contribution in [2.75, 3.05) is 45.9 Å². The number of carbonyl (C=O) groups is 1. The van der Waals surface area contributed by atoms with Gasteiger partial charge in [-0.1, -0.05) is 0 Å². The second-order valence-corrected chi connectivity index (χ2v) is 4.80. The van der Waals surface area contributed by atoms with Crippen LogP contribution in [0.3, 0.4) is 0 Å². The van der Waals surface area contributed by atoms with E-state index in [1.807, 2.05) is 0 Å². The summed E-state index contributed by atoms with van der Waals surface area (Å²) in [5.74, 6) is -0.000732. The molecule has 6 heteroatoms. The summed E-state index contributed by atoms with van der Waals surface area (Å²) < 4.78 is 10.8. The Morgan fingerprint density at radius 3 is 2.78 bits per heavy atom. The number of hydrogen-bond donors (Lipinski definition) is 2. The summed E-state index contributed by atoms with van der Waals surface area (Å²) in [4.78, 5) is 14.1. The minimum Gasteiger partial charge on any atom is -0.379 e. The van der Waals surface area contributed by atoms with Crippen molar-refractivity contribution in [3.8, 4) is 0 Å². The lowest BCUT2D eigenvalue weighted by molar-refractivity contribution is -0.131. The molecule has 2 saturated heterocycles. The lowest BCUT2D eigenvalue weighted by Gasteiger charge is -2.26. The number of nitrogens with two attached hydrogens (primary N) is 1. The standard InChI is InChI=1S/C12H23N3O3/c13-9-10-1-2-11(18-10)12(16)14-3-4-15-5-7-17-8-6-15/h10-11H,1-9,13H2,(H,14,16). The van der Waals surface area contributed by atoms with Crippen molar-refractivity contribution in [1.82, 2.24) is 10.2 Å². The summed E-state index contributed by atoms with van der Waals surface area (Å²) in [6.45, 7) is 5.53. The summed E-state index contributed by atoms with van der Waals surface area (Å²) in [6.07, 6.45) is 1.42. The van der Waals surface area contributed by atoms with Crippen LogP contribution in [0, 0.1) is 0 Å². The van der Waals surface area contributed by atoms with Gasteiger partial charge in [0, 0.05) is 32.7 Å². The molecule has 0 aromatic rings. The van der Waals surface area contributed by atoms with Crippen LogP contribution < -0.4 is 11.1 Å². The van der Waals surface area contributed by atoms with E-state index in [2.05, 4.69) is 10.2 Å². The molecule has 0 bridgehead atoms. The van der Waals surface area contributed by atoms with Crippen LogP contribution in [0.4, 0.5) is 0 Å². The minimum absolute atomic E-state index is 0.000732. The number of amides is 1. The first-order valence-corrected chi connectivity index (χ1v) is 6.73. The van der Waals surface area contributed by atoms with Gasteiger partial charge in [0.05, 0.1) is 19.3 Å². The fraction of sp³-hybridized carbons (Fsp3) is 0.917. The van der Waals surface area contributed by atoms with Gasteiger partial charge in [-0.3, -0.25) is 9.69 Å². The second-order valence-electron chi connectivity index (χ2n) is 4.80. The van der Waals surface area contributed by atoms with Crippen LogP contribution >= 0.6 is 0 Å². The zero-order valence-corrected chi connectivity index (χ0v) is 10.8. The van der Waals surface area contributed by atoms with Gasteiger partial charge in [0.15, 0.2) is 0 Å². The van der Waals surface area contributed by atoms with Gasteiger partial charge in [-0.05, 0) is 12.8 Å². The Labute approximate surface area is 108 Å². The van der Waals surface area contributed by atoms with Gasteiger partial charge in [0.2, 0.25) is 5.91 Å². The highest BCUT2D eigenvalue weighted by Gasteiger charge is 2.29. The van der Waals surface area contributed by atoms with Crippen LogP contribution in [0.2, 0.25) is 0 Å². The van der Waals surface area contributed by atoms with Gasteiger partial charge < -0.3 is 20.5 Å². The van der Waals surface area contributed by atoms with Crippen molar-refractivity contribution in [3.63, 3.8) is 0 Å². The number of nitrogens with zero attached hydrogens (tertiary/aromatic N) is 1.